The second-order valence-electron chi connectivity index (χ2n) is 7.48. The summed E-state index contributed by atoms with van der Waals surface area (Å²) in [5, 5.41) is 3.69. The standard InChI is InChI=1S/C17H34N2O/c1-4-16-6-8-19(11-16)13-17(7-5-9-20-14-17)12-18-10-15(2)3/h15-16,18H,4-14H2,1-3H3. The molecule has 2 rings (SSSR count). The lowest BCUT2D eigenvalue weighted by Gasteiger charge is -2.40. The molecule has 2 aliphatic rings. The van der Waals surface area contributed by atoms with E-state index >= 15 is 0 Å². The van der Waals surface area contributed by atoms with Crippen molar-refractivity contribution in [3.63, 3.8) is 0 Å². The molecule has 2 fully saturated rings. The zero-order chi connectivity index (χ0) is 14.4. The second kappa shape index (κ2) is 7.77. The van der Waals surface area contributed by atoms with Gasteiger partial charge in [-0.2, -0.15) is 0 Å². The van der Waals surface area contributed by atoms with Gasteiger partial charge in [0.25, 0.3) is 0 Å². The highest BCUT2D eigenvalue weighted by Crippen LogP contribution is 2.31. The average Bonchev–Trinajstić information content (AvgIpc) is 2.86. The van der Waals surface area contributed by atoms with Crippen molar-refractivity contribution in [3.8, 4) is 0 Å². The molecule has 0 aromatic heterocycles. The maximum absolute atomic E-state index is 5.84. The van der Waals surface area contributed by atoms with E-state index in [1.807, 2.05) is 0 Å². The molecule has 0 bridgehead atoms. The zero-order valence-corrected chi connectivity index (χ0v) is 13.8. The lowest BCUT2D eigenvalue weighted by Crippen LogP contribution is -2.49. The molecular weight excluding hydrogens is 248 g/mol. The number of nitrogens with zero attached hydrogens (tertiary/aromatic N) is 1. The number of likely N-dealkylation sites (tertiary alicyclic amines) is 1. The van der Waals surface area contributed by atoms with Crippen LogP contribution in [0.2, 0.25) is 0 Å². The summed E-state index contributed by atoms with van der Waals surface area (Å²) in [5.74, 6) is 1.66. The predicted molar refractivity (Wildman–Crippen MR) is 85.0 cm³/mol. The van der Waals surface area contributed by atoms with E-state index < -0.39 is 0 Å². The zero-order valence-electron chi connectivity index (χ0n) is 13.8. The molecule has 0 aromatic rings. The van der Waals surface area contributed by atoms with Gasteiger partial charge in [0, 0.05) is 31.7 Å². The molecule has 2 aliphatic heterocycles. The number of hydrogen-bond acceptors (Lipinski definition) is 3. The fourth-order valence-electron chi connectivity index (χ4n) is 3.72. The largest absolute Gasteiger partial charge is 0.381 e. The third-order valence-electron chi connectivity index (χ3n) is 4.96. The smallest absolute Gasteiger partial charge is 0.0546 e. The molecule has 20 heavy (non-hydrogen) atoms. The Labute approximate surface area is 125 Å². The van der Waals surface area contributed by atoms with E-state index in [9.17, 15) is 0 Å². The van der Waals surface area contributed by atoms with Crippen LogP contribution in [0.15, 0.2) is 0 Å². The van der Waals surface area contributed by atoms with Crippen LogP contribution in [0.5, 0.6) is 0 Å². The van der Waals surface area contributed by atoms with E-state index in [0.29, 0.717) is 5.41 Å². The Hall–Kier alpha value is -0.120. The van der Waals surface area contributed by atoms with Gasteiger partial charge in [-0.25, -0.2) is 0 Å². The fourth-order valence-corrected chi connectivity index (χ4v) is 3.72. The molecule has 0 amide bonds. The molecule has 2 heterocycles. The molecular formula is C17H34N2O. The summed E-state index contributed by atoms with van der Waals surface area (Å²) in [4.78, 5) is 2.69. The first kappa shape index (κ1) is 16.3. The van der Waals surface area contributed by atoms with Crippen molar-refractivity contribution in [3.05, 3.63) is 0 Å². The van der Waals surface area contributed by atoms with Crippen molar-refractivity contribution in [1.82, 2.24) is 10.2 Å². The molecule has 0 saturated carbocycles. The summed E-state index contributed by atoms with van der Waals surface area (Å²) in [6, 6.07) is 0. The Morgan fingerprint density at radius 1 is 1.40 bits per heavy atom. The Kier molecular flexibility index (Phi) is 6.31. The topological polar surface area (TPSA) is 24.5 Å². The third-order valence-corrected chi connectivity index (χ3v) is 4.96. The molecule has 0 spiro atoms. The van der Waals surface area contributed by atoms with Crippen LogP contribution in [-0.2, 0) is 4.74 Å². The van der Waals surface area contributed by atoms with Gasteiger partial charge in [-0.3, -0.25) is 0 Å². The summed E-state index contributed by atoms with van der Waals surface area (Å²) < 4.78 is 5.84. The minimum atomic E-state index is 0.357. The molecule has 2 unspecified atom stereocenters. The van der Waals surface area contributed by atoms with Crippen LogP contribution in [0, 0.1) is 17.3 Å². The Balaban J connectivity index is 1.86. The number of ether oxygens (including phenoxy) is 1. The van der Waals surface area contributed by atoms with Gasteiger partial charge in [-0.15, -0.1) is 0 Å². The number of nitrogens with one attached hydrogen (secondary N) is 1. The van der Waals surface area contributed by atoms with Gasteiger partial charge < -0.3 is 15.0 Å². The van der Waals surface area contributed by atoms with Gasteiger partial charge in [0.15, 0.2) is 0 Å². The highest BCUT2D eigenvalue weighted by Gasteiger charge is 2.36. The van der Waals surface area contributed by atoms with Crippen LogP contribution >= 0.6 is 0 Å². The molecule has 0 aliphatic carbocycles. The lowest BCUT2D eigenvalue weighted by atomic mass is 9.81. The summed E-state index contributed by atoms with van der Waals surface area (Å²) >= 11 is 0. The van der Waals surface area contributed by atoms with Crippen LogP contribution in [-0.4, -0.2) is 50.8 Å². The highest BCUT2D eigenvalue weighted by atomic mass is 16.5. The van der Waals surface area contributed by atoms with Gasteiger partial charge in [0.2, 0.25) is 0 Å². The molecule has 1 N–H and O–H groups in total. The van der Waals surface area contributed by atoms with Crippen LogP contribution in [0.25, 0.3) is 0 Å². The Bertz CT molecular complexity index is 274. The molecule has 2 atom stereocenters. The monoisotopic (exact) mass is 282 g/mol. The average molecular weight is 282 g/mol. The number of rotatable bonds is 7. The summed E-state index contributed by atoms with van der Waals surface area (Å²) in [5.41, 5.74) is 0.357. The van der Waals surface area contributed by atoms with Crippen LogP contribution in [0.4, 0.5) is 0 Å². The Morgan fingerprint density at radius 2 is 2.25 bits per heavy atom. The van der Waals surface area contributed by atoms with E-state index in [0.717, 1.165) is 38.1 Å². The molecule has 0 radical (unpaired) electrons. The van der Waals surface area contributed by atoms with E-state index in [1.165, 1.54) is 45.3 Å². The predicted octanol–water partition coefficient (Wildman–Crippen LogP) is 2.76. The quantitative estimate of drug-likeness (QED) is 0.777. The van der Waals surface area contributed by atoms with Crippen molar-refractivity contribution in [2.24, 2.45) is 17.3 Å². The summed E-state index contributed by atoms with van der Waals surface area (Å²) in [7, 11) is 0. The minimum absolute atomic E-state index is 0.357. The second-order valence-corrected chi connectivity index (χ2v) is 7.48. The van der Waals surface area contributed by atoms with Crippen molar-refractivity contribution in [2.75, 3.05) is 45.9 Å². The first-order chi connectivity index (χ1) is 9.63. The van der Waals surface area contributed by atoms with E-state index in [1.54, 1.807) is 0 Å². The highest BCUT2D eigenvalue weighted by molar-refractivity contribution is 4.89. The Morgan fingerprint density at radius 3 is 2.85 bits per heavy atom. The van der Waals surface area contributed by atoms with Gasteiger partial charge in [-0.05, 0) is 44.2 Å². The van der Waals surface area contributed by atoms with Crippen molar-refractivity contribution in [2.45, 2.75) is 46.5 Å². The first-order valence-electron chi connectivity index (χ1n) is 8.64. The first-order valence-corrected chi connectivity index (χ1v) is 8.64. The van der Waals surface area contributed by atoms with E-state index in [-0.39, 0.29) is 0 Å². The van der Waals surface area contributed by atoms with Gasteiger partial charge >= 0.3 is 0 Å². The maximum Gasteiger partial charge on any atom is 0.0546 e. The molecule has 3 nitrogen and oxygen atoms in total. The maximum atomic E-state index is 5.84. The van der Waals surface area contributed by atoms with Crippen LogP contribution < -0.4 is 5.32 Å². The minimum Gasteiger partial charge on any atom is -0.381 e. The summed E-state index contributed by atoms with van der Waals surface area (Å²) in [6.45, 7) is 14.9. The van der Waals surface area contributed by atoms with E-state index in [2.05, 4.69) is 31.0 Å². The molecule has 118 valence electrons. The van der Waals surface area contributed by atoms with Crippen molar-refractivity contribution < 1.29 is 4.74 Å². The SMILES string of the molecule is CCC1CCN(CC2(CNCC(C)C)CCCOC2)C1. The normalized spacial score (nSPS) is 32.1. The van der Waals surface area contributed by atoms with E-state index in [4.69, 9.17) is 4.74 Å². The third kappa shape index (κ3) is 4.71. The summed E-state index contributed by atoms with van der Waals surface area (Å²) in [6.07, 6.45) is 5.29. The number of hydrogen-bond donors (Lipinski definition) is 1. The van der Waals surface area contributed by atoms with Crippen molar-refractivity contribution in [1.29, 1.82) is 0 Å². The lowest BCUT2D eigenvalue weighted by molar-refractivity contribution is -0.0237. The fraction of sp³-hybridized carbons (Fsp3) is 1.00. The molecule has 2 saturated heterocycles. The van der Waals surface area contributed by atoms with Crippen LogP contribution in [0.3, 0.4) is 0 Å². The van der Waals surface area contributed by atoms with Gasteiger partial charge in [0.1, 0.15) is 0 Å². The van der Waals surface area contributed by atoms with Crippen molar-refractivity contribution >= 4 is 0 Å². The molecule has 3 heteroatoms. The molecule has 0 aromatic carbocycles. The van der Waals surface area contributed by atoms with Crippen LogP contribution in [0.1, 0.15) is 46.5 Å². The van der Waals surface area contributed by atoms with Gasteiger partial charge in [0.05, 0.1) is 6.61 Å². The van der Waals surface area contributed by atoms with Gasteiger partial charge in [-0.1, -0.05) is 27.2 Å².